The number of nitrogens with zero attached hydrogens (tertiary/aromatic N) is 4. The van der Waals surface area contributed by atoms with Gasteiger partial charge in [0.05, 0.1) is 5.75 Å². The number of hydrogen-bond donors (Lipinski definition) is 0. The number of rotatable bonds is 6. The molecule has 4 aromatic rings. The number of amides is 1. The lowest BCUT2D eigenvalue weighted by molar-refractivity contribution is -0.130. The van der Waals surface area contributed by atoms with Crippen LogP contribution in [0.1, 0.15) is 18.7 Å². The third-order valence-corrected chi connectivity index (χ3v) is 6.67. The number of piperidine rings is 1. The van der Waals surface area contributed by atoms with Crippen molar-refractivity contribution in [3.63, 3.8) is 0 Å². The predicted octanol–water partition coefficient (Wildman–Crippen LogP) is 4.51. The zero-order valence-electron chi connectivity index (χ0n) is 16.2. The van der Waals surface area contributed by atoms with Crippen molar-refractivity contribution >= 4 is 40.1 Å². The van der Waals surface area contributed by atoms with Gasteiger partial charge in [0.25, 0.3) is 5.22 Å². The molecule has 1 aromatic carbocycles. The highest BCUT2D eigenvalue weighted by atomic mass is 32.2. The second-order valence-electron chi connectivity index (χ2n) is 7.31. The topological polar surface area (TPSA) is 85.3 Å². The van der Waals surface area contributed by atoms with Crippen LogP contribution in [0.25, 0.3) is 22.5 Å². The summed E-state index contributed by atoms with van der Waals surface area (Å²) in [5.41, 5.74) is 2.53. The van der Waals surface area contributed by atoms with Crippen molar-refractivity contribution in [2.75, 3.05) is 18.8 Å². The number of benzene rings is 1. The molecule has 5 rings (SSSR count). The molecule has 30 heavy (non-hydrogen) atoms. The Bertz CT molecular complexity index is 1110. The average molecular weight is 441 g/mol. The number of fused-ring (bicyclic) bond motifs is 1. The highest BCUT2D eigenvalue weighted by Gasteiger charge is 2.26. The molecule has 0 radical (unpaired) electrons. The van der Waals surface area contributed by atoms with E-state index < -0.39 is 0 Å². The number of thiophene rings is 1. The fourth-order valence-electron chi connectivity index (χ4n) is 3.68. The minimum absolute atomic E-state index is 0.108. The summed E-state index contributed by atoms with van der Waals surface area (Å²) in [6.45, 7) is 1.50. The molecule has 1 fully saturated rings. The van der Waals surface area contributed by atoms with Crippen molar-refractivity contribution in [2.24, 2.45) is 5.92 Å². The van der Waals surface area contributed by atoms with Crippen molar-refractivity contribution < 1.29 is 13.7 Å². The van der Waals surface area contributed by atoms with Crippen LogP contribution < -0.4 is 0 Å². The maximum atomic E-state index is 12.7. The first-order valence-corrected chi connectivity index (χ1v) is 11.8. The van der Waals surface area contributed by atoms with Crippen LogP contribution in [0.4, 0.5) is 0 Å². The Morgan fingerprint density at radius 3 is 3.07 bits per heavy atom. The lowest BCUT2D eigenvalue weighted by Gasteiger charge is -2.32. The standard InChI is InChI=1S/C21H20N4O3S2/c26-19(13-30-21-22-16-5-1-2-6-17(16)27-21)25-8-3-4-14(11-25)10-18-23-20(24-28-18)15-7-9-29-12-15/h1-2,5-7,9,12,14H,3-4,8,10-11,13H2. The fourth-order valence-corrected chi connectivity index (χ4v) is 5.05. The van der Waals surface area contributed by atoms with Gasteiger partial charge in [0.1, 0.15) is 5.52 Å². The van der Waals surface area contributed by atoms with Crippen LogP contribution in [0, 0.1) is 5.92 Å². The monoisotopic (exact) mass is 440 g/mol. The lowest BCUT2D eigenvalue weighted by Crippen LogP contribution is -2.41. The van der Waals surface area contributed by atoms with E-state index in [1.165, 1.54) is 11.8 Å². The summed E-state index contributed by atoms with van der Waals surface area (Å²) in [6.07, 6.45) is 2.73. The molecule has 1 amide bonds. The van der Waals surface area contributed by atoms with Gasteiger partial charge < -0.3 is 13.8 Å². The SMILES string of the molecule is O=C(CSc1nc2ccccc2o1)N1CCCC(Cc2nc(-c3ccsc3)no2)C1. The molecule has 4 heterocycles. The lowest BCUT2D eigenvalue weighted by atomic mass is 9.95. The van der Waals surface area contributed by atoms with Crippen LogP contribution in [-0.4, -0.2) is 44.8 Å². The van der Waals surface area contributed by atoms with Gasteiger partial charge in [-0.1, -0.05) is 29.1 Å². The van der Waals surface area contributed by atoms with Gasteiger partial charge >= 0.3 is 0 Å². The van der Waals surface area contributed by atoms with E-state index >= 15 is 0 Å². The highest BCUT2D eigenvalue weighted by molar-refractivity contribution is 7.99. The molecule has 1 atom stereocenters. The normalized spacial score (nSPS) is 16.9. The second-order valence-corrected chi connectivity index (χ2v) is 9.02. The van der Waals surface area contributed by atoms with Crippen molar-refractivity contribution in [1.29, 1.82) is 0 Å². The second kappa shape index (κ2) is 8.61. The molecule has 1 saturated heterocycles. The summed E-state index contributed by atoms with van der Waals surface area (Å²) in [7, 11) is 0. The number of oxazole rings is 1. The van der Waals surface area contributed by atoms with Crippen LogP contribution in [0.3, 0.4) is 0 Å². The molecule has 154 valence electrons. The maximum Gasteiger partial charge on any atom is 0.257 e. The number of carbonyl (C=O) groups is 1. The Labute approximate surface area is 181 Å². The van der Waals surface area contributed by atoms with Gasteiger partial charge in [-0.3, -0.25) is 4.79 Å². The molecular weight excluding hydrogens is 420 g/mol. The first kappa shape index (κ1) is 19.3. The summed E-state index contributed by atoms with van der Waals surface area (Å²) in [6, 6.07) is 9.60. The van der Waals surface area contributed by atoms with Crippen molar-refractivity contribution in [3.05, 3.63) is 47.0 Å². The summed E-state index contributed by atoms with van der Waals surface area (Å²) in [5.74, 6) is 2.02. The van der Waals surface area contributed by atoms with Crippen molar-refractivity contribution in [1.82, 2.24) is 20.0 Å². The van der Waals surface area contributed by atoms with E-state index in [4.69, 9.17) is 8.94 Å². The quantitative estimate of drug-likeness (QED) is 0.408. The minimum atomic E-state index is 0.108. The van der Waals surface area contributed by atoms with Crippen molar-refractivity contribution in [2.45, 2.75) is 24.5 Å². The Balaban J connectivity index is 1.16. The average Bonchev–Trinajstić information content (AvgIpc) is 3.52. The number of likely N-dealkylation sites (tertiary alicyclic amines) is 1. The Morgan fingerprint density at radius 2 is 2.20 bits per heavy atom. The first-order valence-electron chi connectivity index (χ1n) is 9.86. The number of carbonyl (C=O) groups excluding carboxylic acids is 1. The van der Waals surface area contributed by atoms with E-state index in [9.17, 15) is 4.79 Å². The molecule has 1 unspecified atom stereocenters. The number of aromatic nitrogens is 3. The minimum Gasteiger partial charge on any atom is -0.431 e. The molecule has 1 aliphatic rings. The van der Waals surface area contributed by atoms with Gasteiger partial charge in [0.2, 0.25) is 17.6 Å². The Kier molecular flexibility index (Phi) is 5.54. The predicted molar refractivity (Wildman–Crippen MR) is 115 cm³/mol. The third kappa shape index (κ3) is 4.27. The first-order chi connectivity index (χ1) is 14.7. The highest BCUT2D eigenvalue weighted by Crippen LogP contribution is 2.26. The van der Waals surface area contributed by atoms with E-state index in [1.54, 1.807) is 11.3 Å². The fraction of sp³-hybridized carbons (Fsp3) is 0.333. The number of hydrogen-bond acceptors (Lipinski definition) is 8. The zero-order valence-corrected chi connectivity index (χ0v) is 17.8. The van der Waals surface area contributed by atoms with E-state index in [0.717, 1.165) is 36.0 Å². The Morgan fingerprint density at radius 1 is 1.27 bits per heavy atom. The molecule has 0 bridgehead atoms. The van der Waals surface area contributed by atoms with Crippen LogP contribution >= 0.6 is 23.1 Å². The van der Waals surface area contributed by atoms with Gasteiger partial charge in [-0.2, -0.15) is 16.3 Å². The van der Waals surface area contributed by atoms with Gasteiger partial charge in [-0.15, -0.1) is 0 Å². The molecular formula is C21H20N4O3S2. The van der Waals surface area contributed by atoms with E-state index in [0.29, 0.717) is 41.6 Å². The number of thioether (sulfide) groups is 1. The third-order valence-electron chi connectivity index (χ3n) is 5.18. The smallest absolute Gasteiger partial charge is 0.257 e. The number of para-hydroxylation sites is 2. The van der Waals surface area contributed by atoms with E-state index in [2.05, 4.69) is 15.1 Å². The maximum absolute atomic E-state index is 12.7. The molecule has 0 aliphatic carbocycles. The summed E-state index contributed by atoms with van der Waals surface area (Å²) in [4.78, 5) is 23.6. The molecule has 1 aliphatic heterocycles. The summed E-state index contributed by atoms with van der Waals surface area (Å²) < 4.78 is 11.1. The van der Waals surface area contributed by atoms with E-state index in [-0.39, 0.29) is 5.91 Å². The van der Waals surface area contributed by atoms with Crippen molar-refractivity contribution in [3.8, 4) is 11.4 Å². The van der Waals surface area contributed by atoms with Crippen LogP contribution in [0.15, 0.2) is 55.3 Å². The molecule has 0 saturated carbocycles. The molecule has 7 nitrogen and oxygen atoms in total. The Hall–Kier alpha value is -2.65. The van der Waals surface area contributed by atoms with Crippen LogP contribution in [0.5, 0.6) is 0 Å². The molecule has 9 heteroatoms. The van der Waals surface area contributed by atoms with Gasteiger partial charge in [0, 0.05) is 30.5 Å². The van der Waals surface area contributed by atoms with Gasteiger partial charge in [0.15, 0.2) is 5.58 Å². The molecule has 0 spiro atoms. The summed E-state index contributed by atoms with van der Waals surface area (Å²) in [5, 5.41) is 8.61. The molecule has 0 N–H and O–H groups in total. The summed E-state index contributed by atoms with van der Waals surface area (Å²) >= 11 is 2.95. The van der Waals surface area contributed by atoms with Crippen LogP contribution in [0.2, 0.25) is 0 Å². The van der Waals surface area contributed by atoms with Gasteiger partial charge in [-0.05, 0) is 42.3 Å². The largest absolute Gasteiger partial charge is 0.431 e. The molecule has 3 aromatic heterocycles. The van der Waals surface area contributed by atoms with E-state index in [1.807, 2.05) is 46.0 Å². The van der Waals surface area contributed by atoms with Crippen LogP contribution in [-0.2, 0) is 11.2 Å². The zero-order chi connectivity index (χ0) is 20.3. The van der Waals surface area contributed by atoms with Gasteiger partial charge in [-0.25, -0.2) is 4.98 Å².